The van der Waals surface area contributed by atoms with Crippen LogP contribution in [0.2, 0.25) is 0 Å². The first-order valence-electron chi connectivity index (χ1n) is 8.41. The van der Waals surface area contributed by atoms with Crippen molar-refractivity contribution >= 4 is 21.8 Å². The number of nitrogens with zero attached hydrogens (tertiary/aromatic N) is 1. The van der Waals surface area contributed by atoms with Crippen LogP contribution in [0.5, 0.6) is 5.75 Å². The van der Waals surface area contributed by atoms with Crippen molar-refractivity contribution in [2.24, 2.45) is 0 Å². The second kappa shape index (κ2) is 8.85. The highest BCUT2D eigenvalue weighted by atomic mass is 32.2. The van der Waals surface area contributed by atoms with Gasteiger partial charge in [0.15, 0.2) is 0 Å². The molecule has 2 aromatic carbocycles. The van der Waals surface area contributed by atoms with E-state index in [2.05, 4.69) is 10.0 Å². The standard InChI is InChI=1S/C19H23N3O5S/c1-20-18(23)14-7-5-13(6-8-14)12-22(3)19(24)15-9-10-16(27-4)17(11-15)28(25,26)21-2/h5-11,21H,12H2,1-4H3,(H,20,23). The van der Waals surface area contributed by atoms with Crippen LogP contribution in [0.1, 0.15) is 26.3 Å². The quantitative estimate of drug-likeness (QED) is 0.721. The van der Waals surface area contributed by atoms with Crippen LogP contribution >= 0.6 is 0 Å². The van der Waals surface area contributed by atoms with Gasteiger partial charge in [-0.25, -0.2) is 13.1 Å². The summed E-state index contributed by atoms with van der Waals surface area (Å²) in [6.45, 7) is 0.299. The fraction of sp³-hybridized carbons (Fsp3) is 0.263. The van der Waals surface area contributed by atoms with Crippen molar-refractivity contribution in [3.63, 3.8) is 0 Å². The van der Waals surface area contributed by atoms with Crippen LogP contribution in [0.4, 0.5) is 0 Å². The molecule has 8 nitrogen and oxygen atoms in total. The van der Waals surface area contributed by atoms with Crippen molar-refractivity contribution in [1.82, 2.24) is 14.9 Å². The Hall–Kier alpha value is -2.91. The molecule has 0 fully saturated rings. The fourth-order valence-corrected chi connectivity index (χ4v) is 3.52. The van der Waals surface area contributed by atoms with E-state index in [1.54, 1.807) is 38.4 Å². The van der Waals surface area contributed by atoms with E-state index in [4.69, 9.17) is 4.74 Å². The molecule has 2 aromatic rings. The predicted molar refractivity (Wildman–Crippen MR) is 105 cm³/mol. The molecular formula is C19H23N3O5S. The van der Waals surface area contributed by atoms with E-state index >= 15 is 0 Å². The first kappa shape index (κ1) is 21.4. The summed E-state index contributed by atoms with van der Waals surface area (Å²) in [6.07, 6.45) is 0. The van der Waals surface area contributed by atoms with Gasteiger partial charge >= 0.3 is 0 Å². The number of ether oxygens (including phenoxy) is 1. The second-order valence-corrected chi connectivity index (χ2v) is 7.87. The van der Waals surface area contributed by atoms with Gasteiger partial charge < -0.3 is 15.0 Å². The molecule has 28 heavy (non-hydrogen) atoms. The zero-order valence-electron chi connectivity index (χ0n) is 16.1. The third-order valence-electron chi connectivity index (χ3n) is 4.18. The van der Waals surface area contributed by atoms with Gasteiger partial charge in [0, 0.05) is 31.8 Å². The molecule has 2 rings (SSSR count). The van der Waals surface area contributed by atoms with Crippen molar-refractivity contribution in [1.29, 1.82) is 0 Å². The molecule has 0 radical (unpaired) electrons. The number of sulfonamides is 1. The number of rotatable bonds is 7. The highest BCUT2D eigenvalue weighted by molar-refractivity contribution is 7.89. The van der Waals surface area contributed by atoms with Crippen molar-refractivity contribution in [2.75, 3.05) is 28.3 Å². The Kier molecular flexibility index (Phi) is 6.76. The third kappa shape index (κ3) is 4.68. The van der Waals surface area contributed by atoms with Crippen LogP contribution < -0.4 is 14.8 Å². The van der Waals surface area contributed by atoms with Crippen molar-refractivity contribution in [3.8, 4) is 5.75 Å². The minimum Gasteiger partial charge on any atom is -0.495 e. The molecule has 0 saturated carbocycles. The van der Waals surface area contributed by atoms with E-state index in [1.807, 2.05) is 0 Å². The lowest BCUT2D eigenvalue weighted by atomic mass is 10.1. The molecule has 0 saturated heterocycles. The molecule has 150 valence electrons. The summed E-state index contributed by atoms with van der Waals surface area (Å²) in [5.41, 5.74) is 1.58. The normalized spacial score (nSPS) is 11.0. The first-order valence-corrected chi connectivity index (χ1v) is 9.90. The summed E-state index contributed by atoms with van der Waals surface area (Å²) < 4.78 is 31.7. The highest BCUT2D eigenvalue weighted by Crippen LogP contribution is 2.25. The van der Waals surface area contributed by atoms with Gasteiger partial charge in [-0.1, -0.05) is 12.1 Å². The van der Waals surface area contributed by atoms with E-state index in [9.17, 15) is 18.0 Å². The molecule has 0 spiro atoms. The Morgan fingerprint density at radius 1 is 1.04 bits per heavy atom. The number of methoxy groups -OCH3 is 1. The van der Waals surface area contributed by atoms with Crippen molar-refractivity contribution in [2.45, 2.75) is 11.4 Å². The summed E-state index contributed by atoms with van der Waals surface area (Å²) in [7, 11) is 2.04. The first-order chi connectivity index (χ1) is 13.2. The van der Waals surface area contributed by atoms with Gasteiger partial charge in [0.1, 0.15) is 10.6 Å². The average Bonchev–Trinajstić information content (AvgIpc) is 2.72. The van der Waals surface area contributed by atoms with E-state index < -0.39 is 10.0 Å². The number of amides is 2. The number of hydrogen-bond donors (Lipinski definition) is 2. The maximum absolute atomic E-state index is 12.7. The lowest BCUT2D eigenvalue weighted by Crippen LogP contribution is -2.27. The summed E-state index contributed by atoms with van der Waals surface area (Å²) in [5.74, 6) is -0.378. The van der Waals surface area contributed by atoms with Gasteiger partial charge in [-0.05, 0) is 42.9 Å². The van der Waals surface area contributed by atoms with Gasteiger partial charge in [-0.15, -0.1) is 0 Å². The molecule has 0 unspecified atom stereocenters. The number of carbonyl (C=O) groups is 2. The van der Waals surface area contributed by atoms with Crippen LogP contribution in [0, 0.1) is 0 Å². The fourth-order valence-electron chi connectivity index (χ4n) is 2.60. The summed E-state index contributed by atoms with van der Waals surface area (Å²) in [6, 6.07) is 11.1. The smallest absolute Gasteiger partial charge is 0.253 e. The van der Waals surface area contributed by atoms with E-state index in [0.717, 1.165) is 5.56 Å². The molecule has 0 bridgehead atoms. The van der Waals surface area contributed by atoms with Gasteiger partial charge in [0.2, 0.25) is 10.0 Å². The van der Waals surface area contributed by atoms with Crippen LogP contribution in [0.3, 0.4) is 0 Å². The molecule has 2 amide bonds. The molecule has 0 aliphatic carbocycles. The Balaban J connectivity index is 2.23. The largest absolute Gasteiger partial charge is 0.495 e. The second-order valence-electron chi connectivity index (χ2n) is 6.01. The topological polar surface area (TPSA) is 105 Å². The molecule has 0 aliphatic heterocycles. The Labute approximate surface area is 164 Å². The molecule has 0 aliphatic rings. The average molecular weight is 405 g/mol. The van der Waals surface area contributed by atoms with Gasteiger partial charge in [0.05, 0.1) is 7.11 Å². The van der Waals surface area contributed by atoms with Gasteiger partial charge in [-0.2, -0.15) is 0 Å². The van der Waals surface area contributed by atoms with Crippen molar-refractivity contribution < 1.29 is 22.7 Å². The molecule has 9 heteroatoms. The minimum absolute atomic E-state index is 0.105. The van der Waals surface area contributed by atoms with Crippen LogP contribution in [-0.2, 0) is 16.6 Å². The Bertz CT molecular complexity index is 972. The van der Waals surface area contributed by atoms with Crippen LogP contribution in [0.25, 0.3) is 0 Å². The van der Waals surface area contributed by atoms with Gasteiger partial charge in [-0.3, -0.25) is 9.59 Å². The Morgan fingerprint density at radius 2 is 1.64 bits per heavy atom. The van der Waals surface area contributed by atoms with Gasteiger partial charge in [0.25, 0.3) is 11.8 Å². The van der Waals surface area contributed by atoms with Crippen LogP contribution in [0.15, 0.2) is 47.4 Å². The van der Waals surface area contributed by atoms with Crippen molar-refractivity contribution in [3.05, 3.63) is 59.2 Å². The maximum atomic E-state index is 12.7. The maximum Gasteiger partial charge on any atom is 0.253 e. The van der Waals surface area contributed by atoms with E-state index in [1.165, 1.54) is 37.3 Å². The predicted octanol–water partition coefficient (Wildman–Crippen LogP) is 1.24. The summed E-state index contributed by atoms with van der Waals surface area (Å²) in [4.78, 5) is 25.7. The zero-order valence-corrected chi connectivity index (χ0v) is 17.0. The Morgan fingerprint density at radius 3 is 2.18 bits per heavy atom. The molecule has 0 heterocycles. The molecule has 2 N–H and O–H groups in total. The number of nitrogens with one attached hydrogen (secondary N) is 2. The molecule has 0 aromatic heterocycles. The number of hydrogen-bond acceptors (Lipinski definition) is 5. The van der Waals surface area contributed by atoms with E-state index in [0.29, 0.717) is 12.1 Å². The summed E-state index contributed by atoms with van der Waals surface area (Å²) in [5, 5.41) is 2.54. The van der Waals surface area contributed by atoms with Crippen LogP contribution in [-0.4, -0.2) is 53.4 Å². The third-order valence-corrected chi connectivity index (χ3v) is 5.61. The SMILES string of the molecule is CNC(=O)c1ccc(CN(C)C(=O)c2ccc(OC)c(S(=O)(=O)NC)c2)cc1. The molecule has 0 atom stereocenters. The summed E-state index contributed by atoms with van der Waals surface area (Å²) >= 11 is 0. The monoisotopic (exact) mass is 405 g/mol. The zero-order chi connectivity index (χ0) is 20.9. The minimum atomic E-state index is -3.78. The van der Waals surface area contributed by atoms with E-state index in [-0.39, 0.29) is 28.0 Å². The lowest BCUT2D eigenvalue weighted by molar-refractivity contribution is 0.0784. The lowest BCUT2D eigenvalue weighted by Gasteiger charge is -2.18. The number of benzene rings is 2. The number of carbonyl (C=O) groups excluding carboxylic acids is 2. The highest BCUT2D eigenvalue weighted by Gasteiger charge is 2.21. The molecular weight excluding hydrogens is 382 g/mol.